The summed E-state index contributed by atoms with van der Waals surface area (Å²) >= 11 is 0. The number of amides is 1. The Labute approximate surface area is 108 Å². The molecule has 0 aliphatic carbocycles. The Hall–Kier alpha value is -1.55. The number of aliphatic hydroxyl groups excluding tert-OH is 1. The van der Waals surface area contributed by atoms with Crippen molar-refractivity contribution in [1.82, 2.24) is 5.32 Å². The first-order valence-corrected chi connectivity index (χ1v) is 6.25. The molecular weight excluding hydrogens is 228 g/mol. The molecule has 0 aliphatic rings. The molecule has 0 saturated heterocycles. The van der Waals surface area contributed by atoms with Crippen LogP contribution in [0.15, 0.2) is 24.3 Å². The molecule has 0 fully saturated rings. The first-order chi connectivity index (χ1) is 8.49. The Balaban J connectivity index is 2.44. The van der Waals surface area contributed by atoms with E-state index in [2.05, 4.69) is 5.32 Å². The summed E-state index contributed by atoms with van der Waals surface area (Å²) < 4.78 is 0. The van der Waals surface area contributed by atoms with Crippen molar-refractivity contribution in [1.29, 1.82) is 0 Å². The molecular formula is C14H22N2O2. The first-order valence-electron chi connectivity index (χ1n) is 6.25. The number of aliphatic hydroxyl groups is 1. The van der Waals surface area contributed by atoms with Crippen LogP contribution in [-0.4, -0.2) is 23.2 Å². The second kappa shape index (κ2) is 6.40. The average Bonchev–Trinajstić information content (AvgIpc) is 2.38. The van der Waals surface area contributed by atoms with Crippen LogP contribution in [0.25, 0.3) is 0 Å². The molecule has 0 radical (unpaired) electrons. The van der Waals surface area contributed by atoms with Crippen LogP contribution in [0, 0.1) is 0 Å². The van der Waals surface area contributed by atoms with Crippen molar-refractivity contribution in [2.75, 3.05) is 12.3 Å². The van der Waals surface area contributed by atoms with E-state index in [-0.39, 0.29) is 12.5 Å². The number of carbonyl (C=O) groups is 1. The number of anilines is 1. The van der Waals surface area contributed by atoms with Gasteiger partial charge in [-0.15, -0.1) is 0 Å². The largest absolute Gasteiger partial charge is 0.399 e. The van der Waals surface area contributed by atoms with Gasteiger partial charge in [-0.2, -0.15) is 0 Å². The monoisotopic (exact) mass is 250 g/mol. The smallest absolute Gasteiger partial charge is 0.220 e. The van der Waals surface area contributed by atoms with Crippen molar-refractivity contribution in [3.8, 4) is 0 Å². The molecule has 1 aromatic rings. The van der Waals surface area contributed by atoms with Gasteiger partial charge in [-0.05, 0) is 37.5 Å². The molecule has 0 spiro atoms. The fourth-order valence-corrected chi connectivity index (χ4v) is 1.58. The van der Waals surface area contributed by atoms with Crippen LogP contribution < -0.4 is 11.1 Å². The molecule has 0 aliphatic heterocycles. The summed E-state index contributed by atoms with van der Waals surface area (Å²) in [6, 6.07) is 7.51. The van der Waals surface area contributed by atoms with Crippen LogP contribution in [-0.2, 0) is 11.2 Å². The summed E-state index contributed by atoms with van der Waals surface area (Å²) in [4.78, 5) is 11.8. The molecule has 1 aromatic carbocycles. The summed E-state index contributed by atoms with van der Waals surface area (Å²) in [6.45, 7) is 3.74. The Morgan fingerprint density at radius 2 is 2.00 bits per heavy atom. The molecule has 1 unspecified atom stereocenters. The number of benzene rings is 1. The van der Waals surface area contributed by atoms with Gasteiger partial charge in [0.2, 0.25) is 5.91 Å². The Morgan fingerprint density at radius 1 is 1.39 bits per heavy atom. The van der Waals surface area contributed by atoms with Crippen molar-refractivity contribution in [3.63, 3.8) is 0 Å². The highest BCUT2D eigenvalue weighted by Gasteiger charge is 2.22. The number of carbonyl (C=O) groups excluding carboxylic acids is 1. The van der Waals surface area contributed by atoms with Gasteiger partial charge in [0.05, 0.1) is 12.1 Å². The van der Waals surface area contributed by atoms with Crippen molar-refractivity contribution in [2.45, 2.75) is 38.6 Å². The first kappa shape index (κ1) is 14.5. The van der Waals surface area contributed by atoms with E-state index in [1.54, 1.807) is 0 Å². The summed E-state index contributed by atoms with van der Waals surface area (Å²) in [5, 5.41) is 12.1. The predicted octanol–water partition coefficient (Wildman–Crippen LogP) is 1.48. The van der Waals surface area contributed by atoms with Crippen LogP contribution in [0.2, 0.25) is 0 Å². The minimum atomic E-state index is -0.516. The molecule has 0 bridgehead atoms. The van der Waals surface area contributed by atoms with E-state index in [1.807, 2.05) is 38.1 Å². The molecule has 4 heteroatoms. The number of rotatable bonds is 6. The molecule has 1 atom stereocenters. The van der Waals surface area contributed by atoms with E-state index in [1.165, 1.54) is 0 Å². The summed E-state index contributed by atoms with van der Waals surface area (Å²) in [7, 11) is 0. The van der Waals surface area contributed by atoms with Crippen LogP contribution in [0.5, 0.6) is 0 Å². The van der Waals surface area contributed by atoms with Gasteiger partial charge in [0.25, 0.3) is 0 Å². The number of nitrogen functional groups attached to an aromatic ring is 1. The number of nitrogens with one attached hydrogen (secondary N) is 1. The number of hydrogen-bond donors (Lipinski definition) is 3. The molecule has 1 amide bonds. The lowest BCUT2D eigenvalue weighted by Crippen LogP contribution is -2.48. The highest BCUT2D eigenvalue weighted by molar-refractivity contribution is 5.77. The van der Waals surface area contributed by atoms with E-state index < -0.39 is 5.54 Å². The maximum absolute atomic E-state index is 11.8. The molecule has 0 aromatic heterocycles. The van der Waals surface area contributed by atoms with Crippen LogP contribution >= 0.6 is 0 Å². The van der Waals surface area contributed by atoms with Crippen LogP contribution in [0.3, 0.4) is 0 Å². The maximum Gasteiger partial charge on any atom is 0.220 e. The highest BCUT2D eigenvalue weighted by atomic mass is 16.3. The van der Waals surface area contributed by atoms with E-state index >= 15 is 0 Å². The fourth-order valence-electron chi connectivity index (χ4n) is 1.58. The third kappa shape index (κ3) is 4.37. The summed E-state index contributed by atoms with van der Waals surface area (Å²) in [6.07, 6.45) is 1.80. The molecule has 18 heavy (non-hydrogen) atoms. The maximum atomic E-state index is 11.8. The predicted molar refractivity (Wildman–Crippen MR) is 73.1 cm³/mol. The third-order valence-corrected chi connectivity index (χ3v) is 3.19. The number of nitrogens with two attached hydrogens (primary N) is 1. The van der Waals surface area contributed by atoms with E-state index in [9.17, 15) is 9.90 Å². The fraction of sp³-hybridized carbons (Fsp3) is 0.500. The van der Waals surface area contributed by atoms with Crippen molar-refractivity contribution >= 4 is 11.6 Å². The molecule has 0 heterocycles. The third-order valence-electron chi connectivity index (χ3n) is 3.19. The van der Waals surface area contributed by atoms with Gasteiger partial charge >= 0.3 is 0 Å². The second-order valence-electron chi connectivity index (χ2n) is 4.86. The van der Waals surface area contributed by atoms with E-state index in [4.69, 9.17) is 5.73 Å². The minimum Gasteiger partial charge on any atom is -0.399 e. The van der Waals surface area contributed by atoms with Crippen LogP contribution in [0.4, 0.5) is 5.69 Å². The Bertz CT molecular complexity index is 383. The SMILES string of the molecule is CCC(C)(CO)NC(=O)CCc1ccc(N)cc1. The Kier molecular flexibility index (Phi) is 5.16. The zero-order valence-electron chi connectivity index (χ0n) is 11.1. The van der Waals surface area contributed by atoms with Gasteiger partial charge in [-0.3, -0.25) is 4.79 Å². The Morgan fingerprint density at radius 3 is 2.50 bits per heavy atom. The normalized spacial score (nSPS) is 13.9. The number of aryl methyl sites for hydroxylation is 1. The number of hydrogen-bond acceptors (Lipinski definition) is 3. The summed E-state index contributed by atoms with van der Waals surface area (Å²) in [5.41, 5.74) is 6.89. The summed E-state index contributed by atoms with van der Waals surface area (Å²) in [5.74, 6) is -0.0368. The van der Waals surface area contributed by atoms with E-state index in [0.717, 1.165) is 11.3 Å². The van der Waals surface area contributed by atoms with Crippen molar-refractivity contribution in [2.24, 2.45) is 0 Å². The zero-order valence-corrected chi connectivity index (χ0v) is 11.1. The van der Waals surface area contributed by atoms with E-state index in [0.29, 0.717) is 19.3 Å². The standard InChI is InChI=1S/C14H22N2O2/c1-3-14(2,10-17)16-13(18)9-6-11-4-7-12(15)8-5-11/h4-5,7-8,17H,3,6,9-10,15H2,1-2H3,(H,16,18). The highest BCUT2D eigenvalue weighted by Crippen LogP contribution is 2.10. The lowest BCUT2D eigenvalue weighted by Gasteiger charge is -2.27. The van der Waals surface area contributed by atoms with Crippen molar-refractivity contribution in [3.05, 3.63) is 29.8 Å². The van der Waals surface area contributed by atoms with Gasteiger partial charge in [-0.1, -0.05) is 19.1 Å². The van der Waals surface area contributed by atoms with Crippen LogP contribution in [0.1, 0.15) is 32.3 Å². The molecule has 100 valence electrons. The second-order valence-corrected chi connectivity index (χ2v) is 4.86. The molecule has 0 saturated carbocycles. The minimum absolute atomic E-state index is 0.0368. The quantitative estimate of drug-likeness (QED) is 0.669. The van der Waals surface area contributed by atoms with Gasteiger partial charge in [0, 0.05) is 12.1 Å². The van der Waals surface area contributed by atoms with Gasteiger partial charge < -0.3 is 16.2 Å². The van der Waals surface area contributed by atoms with Crippen molar-refractivity contribution < 1.29 is 9.90 Å². The lowest BCUT2D eigenvalue weighted by molar-refractivity contribution is -0.123. The topological polar surface area (TPSA) is 75.3 Å². The van der Waals surface area contributed by atoms with Gasteiger partial charge in [0.1, 0.15) is 0 Å². The zero-order chi connectivity index (χ0) is 13.6. The van der Waals surface area contributed by atoms with Gasteiger partial charge in [-0.25, -0.2) is 0 Å². The lowest BCUT2D eigenvalue weighted by atomic mass is 9.99. The molecule has 4 nitrogen and oxygen atoms in total. The molecule has 1 rings (SSSR count). The van der Waals surface area contributed by atoms with Gasteiger partial charge in [0.15, 0.2) is 0 Å². The molecule has 4 N–H and O–H groups in total. The average molecular weight is 250 g/mol.